The van der Waals surface area contributed by atoms with E-state index < -0.39 is 19.1 Å². The molecule has 456 valence electrons. The monoisotopic (exact) mass is 1180 g/mol. The maximum absolute atomic E-state index is 8.48. The van der Waals surface area contributed by atoms with Gasteiger partial charge >= 0.3 is 0 Å². The Morgan fingerprint density at radius 3 is 1.13 bits per heavy atom. The van der Waals surface area contributed by atoms with Gasteiger partial charge in [-0.15, -0.1) is 0 Å². The molecule has 5 heterocycles. The summed E-state index contributed by atoms with van der Waals surface area (Å²) in [5.41, 5.74) is 31.9. The van der Waals surface area contributed by atoms with E-state index in [1.54, 1.807) is 62.8 Å². The van der Waals surface area contributed by atoms with E-state index in [9.17, 15) is 0 Å². The highest BCUT2D eigenvalue weighted by molar-refractivity contribution is 5.68. The van der Waals surface area contributed by atoms with Crippen LogP contribution in [0.15, 0.2) is 183 Å². The zero-order valence-electron chi connectivity index (χ0n) is 61.5. The summed E-state index contributed by atoms with van der Waals surface area (Å²) in [5.74, 6) is -1.92. The van der Waals surface area contributed by atoms with Crippen LogP contribution in [0.3, 0.4) is 0 Å². The molecule has 0 bridgehead atoms. The largest absolute Gasteiger partial charge is 0.216 e. The lowest BCUT2D eigenvalue weighted by atomic mass is 9.88. The lowest BCUT2D eigenvalue weighted by Crippen LogP contribution is -2.33. The SMILES string of the molecule is Cc1ccccc1-c1c2c(cc[n+]1C)CCC2.Cc1ccccc1-c1c2c(cc[n+]1C)CCCC2.Cc1ccccc1-c1cc2c(c[n+]1C)CCC2.Cc1ccccc1-c1cc2c(c[n+]1C)CCCC2.[2H]C([2H])(C)c1c[n+](C)c(-c2ccccc2C)cc1C([2H])(C)C([2H])([2H])[2H]. The van der Waals surface area contributed by atoms with E-state index in [-0.39, 0.29) is 11.1 Å². The number of aryl methyl sites for hydroxylation is 17. The number of pyridine rings is 5. The molecular formula is C84H100N5+5. The standard InChI is InChI=1S/C18H24N.2C17H20N.2C16H18N/c1-6-15-12-19(5)18(11-17(15)13(2)3)16-10-8-7-9-14(16)4;1-13-7-3-6-10-16(13)17-11-14-8-4-5-9-15(14)12-18(17)2;1-13-7-3-5-9-15(13)17-16-10-6-4-8-14(16)11-12-18(17)2;1-12-6-3-4-9-15(12)16-10-13-7-5-8-14(13)11-17(16)2;1-12-6-3-4-8-14(12)16-15-9-5-7-13(15)10-11-17(16)2/h7-13H,6H2,1-5H3;3,6-7,10-12H,4-5,8-9H2,1-2H3;3,5,7,9,11-12H,4,6,8,10H2,1-2H3;3-4,6,9-11H,5,7-8H2,1-2H3;3-4,6,8,10-11H,5,7,9H2,1-2H3/q5*+1/i2D3,6D2,13D;;;;. The van der Waals surface area contributed by atoms with Crippen LogP contribution in [0.1, 0.15) is 157 Å². The summed E-state index contributed by atoms with van der Waals surface area (Å²) in [7, 11) is 10.4. The molecule has 10 aromatic rings. The lowest BCUT2D eigenvalue weighted by Gasteiger charge is -2.17. The molecular weight excluding hydrogens is 1080 g/mol. The lowest BCUT2D eigenvalue weighted by molar-refractivity contribution is -0.661. The van der Waals surface area contributed by atoms with Crippen LogP contribution in [0, 0.1) is 34.6 Å². The minimum Gasteiger partial charge on any atom is -0.201 e. The molecule has 89 heavy (non-hydrogen) atoms. The van der Waals surface area contributed by atoms with Crippen LogP contribution in [0.25, 0.3) is 56.3 Å². The van der Waals surface area contributed by atoms with Gasteiger partial charge in [-0.2, -0.15) is 0 Å². The maximum Gasteiger partial charge on any atom is 0.216 e. The second kappa shape index (κ2) is 29.4. The molecule has 5 heteroatoms. The fraction of sp³-hybridized carbons (Fsp3) is 0.345. The second-order valence-corrected chi connectivity index (χ2v) is 25.4. The first-order chi connectivity index (χ1) is 45.3. The van der Waals surface area contributed by atoms with Crippen molar-refractivity contribution < 1.29 is 31.1 Å². The van der Waals surface area contributed by atoms with Crippen molar-refractivity contribution >= 4 is 0 Å². The Hall–Kier alpha value is -8.15. The summed E-state index contributed by atoms with van der Waals surface area (Å²) >= 11 is 0. The molecule has 0 N–H and O–H groups in total. The molecule has 4 aliphatic rings. The van der Waals surface area contributed by atoms with Gasteiger partial charge in [0.25, 0.3) is 0 Å². The number of hydrogen-bond donors (Lipinski definition) is 0. The predicted molar refractivity (Wildman–Crippen MR) is 370 cm³/mol. The third-order valence-electron chi connectivity index (χ3n) is 19.0. The highest BCUT2D eigenvalue weighted by Gasteiger charge is 2.27. The van der Waals surface area contributed by atoms with Gasteiger partial charge in [-0.05, 0) is 223 Å². The fourth-order valence-corrected chi connectivity index (χ4v) is 14.0. The van der Waals surface area contributed by atoms with Gasteiger partial charge in [0.15, 0.2) is 31.0 Å². The number of aromatic nitrogens is 5. The van der Waals surface area contributed by atoms with Gasteiger partial charge in [-0.3, -0.25) is 0 Å². The van der Waals surface area contributed by atoms with Crippen LogP contribution in [-0.4, -0.2) is 0 Å². The minimum atomic E-state index is -2.57. The Bertz CT molecular complexity index is 4400. The molecule has 1 unspecified atom stereocenters. The summed E-state index contributed by atoms with van der Waals surface area (Å²) in [6.45, 7) is 10.9. The van der Waals surface area contributed by atoms with Crippen molar-refractivity contribution in [3.63, 3.8) is 0 Å². The van der Waals surface area contributed by atoms with Crippen LogP contribution in [0.5, 0.6) is 0 Å². The zero-order chi connectivity index (χ0) is 67.9. The van der Waals surface area contributed by atoms with E-state index in [1.807, 2.05) is 31.2 Å². The van der Waals surface area contributed by atoms with E-state index in [2.05, 4.69) is 220 Å². The molecule has 0 fully saturated rings. The number of benzene rings is 5. The predicted octanol–water partition coefficient (Wildman–Crippen LogP) is 16.9. The average molecular weight is 1190 g/mol. The summed E-state index contributed by atoms with van der Waals surface area (Å²) in [4.78, 5) is 0. The molecule has 4 aliphatic carbocycles. The van der Waals surface area contributed by atoms with Gasteiger partial charge in [0.1, 0.15) is 35.2 Å². The number of nitrogens with zero attached hydrogens (tertiary/aromatic N) is 5. The van der Waals surface area contributed by atoms with Gasteiger partial charge in [0.05, 0.1) is 0 Å². The van der Waals surface area contributed by atoms with Gasteiger partial charge in [0, 0.05) is 94.2 Å². The van der Waals surface area contributed by atoms with Crippen molar-refractivity contribution in [2.24, 2.45) is 35.2 Å². The number of rotatable bonds is 7. The zero-order valence-corrected chi connectivity index (χ0v) is 55.5. The molecule has 0 amide bonds. The molecule has 5 aromatic carbocycles. The Morgan fingerprint density at radius 1 is 0.382 bits per heavy atom. The maximum atomic E-state index is 8.48. The molecule has 0 saturated carbocycles. The summed E-state index contributed by atoms with van der Waals surface area (Å²) in [6, 6.07) is 53.4. The minimum absolute atomic E-state index is 0.191. The Labute approximate surface area is 543 Å². The van der Waals surface area contributed by atoms with Crippen molar-refractivity contribution in [1.29, 1.82) is 0 Å². The summed E-state index contributed by atoms with van der Waals surface area (Å²) in [6.07, 6.45) is 26.8. The highest BCUT2D eigenvalue weighted by atomic mass is 14.9. The molecule has 5 aromatic heterocycles. The third-order valence-corrected chi connectivity index (χ3v) is 19.0. The van der Waals surface area contributed by atoms with E-state index in [1.165, 1.54) is 177 Å². The Morgan fingerprint density at radius 2 is 0.708 bits per heavy atom. The summed E-state index contributed by atoms with van der Waals surface area (Å²) < 4.78 is 58.9. The van der Waals surface area contributed by atoms with Gasteiger partial charge in [0.2, 0.25) is 28.5 Å². The van der Waals surface area contributed by atoms with Gasteiger partial charge in [-0.1, -0.05) is 112 Å². The first-order valence-electron chi connectivity index (χ1n) is 35.7. The van der Waals surface area contributed by atoms with Gasteiger partial charge in [-0.25, -0.2) is 22.8 Å². The topological polar surface area (TPSA) is 19.4 Å². The van der Waals surface area contributed by atoms with Crippen LogP contribution < -0.4 is 22.8 Å². The average Bonchev–Trinajstić information content (AvgIpc) is 1.39. The van der Waals surface area contributed by atoms with Crippen molar-refractivity contribution in [3.8, 4) is 56.3 Å². The smallest absolute Gasteiger partial charge is 0.201 e. The van der Waals surface area contributed by atoms with Crippen LogP contribution in [0.4, 0.5) is 0 Å². The van der Waals surface area contributed by atoms with E-state index in [0.717, 1.165) is 16.8 Å². The first kappa shape index (κ1) is 56.1. The van der Waals surface area contributed by atoms with E-state index in [0.29, 0.717) is 0 Å². The normalized spacial score (nSPS) is 15.4. The summed E-state index contributed by atoms with van der Waals surface area (Å²) in [5, 5.41) is 0. The molecule has 5 nitrogen and oxygen atoms in total. The molecule has 0 radical (unpaired) electrons. The molecule has 1 atom stereocenters. The van der Waals surface area contributed by atoms with Crippen molar-refractivity contribution in [1.82, 2.24) is 0 Å². The van der Waals surface area contributed by atoms with Crippen LogP contribution in [0.2, 0.25) is 0 Å². The Balaban J connectivity index is 0.000000130. The number of fused-ring (bicyclic) bond motifs is 4. The molecule has 0 saturated heterocycles. The number of hydrogen-bond acceptors (Lipinski definition) is 0. The molecule has 0 spiro atoms. The molecule has 0 aliphatic heterocycles. The Kier molecular flexibility index (Phi) is 18.6. The fourth-order valence-electron chi connectivity index (χ4n) is 14.0. The van der Waals surface area contributed by atoms with Gasteiger partial charge < -0.3 is 0 Å². The molecule has 14 rings (SSSR count). The van der Waals surface area contributed by atoms with Crippen LogP contribution in [-0.2, 0) is 93.0 Å². The van der Waals surface area contributed by atoms with Crippen molar-refractivity contribution in [2.75, 3.05) is 0 Å². The van der Waals surface area contributed by atoms with Crippen molar-refractivity contribution in [3.05, 3.63) is 266 Å². The van der Waals surface area contributed by atoms with E-state index in [4.69, 9.17) is 8.22 Å². The second-order valence-electron chi connectivity index (χ2n) is 25.4. The van der Waals surface area contributed by atoms with E-state index >= 15 is 0 Å². The first-order valence-corrected chi connectivity index (χ1v) is 32.7. The van der Waals surface area contributed by atoms with Crippen LogP contribution >= 0.6 is 0 Å². The van der Waals surface area contributed by atoms with Crippen molar-refractivity contribution in [2.45, 2.75) is 157 Å². The highest BCUT2D eigenvalue weighted by Crippen LogP contribution is 2.34. The quantitative estimate of drug-likeness (QED) is 0.142. The third kappa shape index (κ3) is 14.8.